The summed E-state index contributed by atoms with van der Waals surface area (Å²) in [5.74, 6) is -0.0384. The molecule has 0 fully saturated rings. The lowest BCUT2D eigenvalue weighted by atomic mass is 9.96. The summed E-state index contributed by atoms with van der Waals surface area (Å²) in [5.41, 5.74) is 4.01. The van der Waals surface area contributed by atoms with Crippen LogP contribution in [-0.2, 0) is 13.5 Å². The molecule has 3 aromatic carbocycles. The lowest BCUT2D eigenvalue weighted by Crippen LogP contribution is -2.22. The largest absolute Gasteiger partial charge is 0.497 e. The molecule has 1 heterocycles. The number of anilines is 1. The predicted molar refractivity (Wildman–Crippen MR) is 130 cm³/mol. The van der Waals surface area contributed by atoms with Gasteiger partial charge in [0.2, 0.25) is 5.78 Å². The van der Waals surface area contributed by atoms with Gasteiger partial charge in [0.05, 0.1) is 7.11 Å². The van der Waals surface area contributed by atoms with E-state index in [2.05, 4.69) is 10.4 Å². The summed E-state index contributed by atoms with van der Waals surface area (Å²) in [6, 6.07) is 20.1. The third-order valence-corrected chi connectivity index (χ3v) is 5.53. The van der Waals surface area contributed by atoms with E-state index in [1.54, 1.807) is 37.0 Å². The first-order valence-corrected chi connectivity index (χ1v) is 10.9. The number of halogens is 1. The van der Waals surface area contributed by atoms with Gasteiger partial charge in [0, 0.05) is 37.2 Å². The second-order valence-electron chi connectivity index (χ2n) is 7.97. The molecule has 1 atom stereocenters. The SMILES string of the molecule is COc1cc(CCO)cc(NC(C(=O)c2nn(C)cc2-c2ccccc2)c2ccc(F)cc2)c1. The fourth-order valence-corrected chi connectivity index (χ4v) is 3.89. The van der Waals surface area contributed by atoms with E-state index in [9.17, 15) is 14.3 Å². The minimum absolute atomic E-state index is 0.0126. The third kappa shape index (κ3) is 5.15. The molecule has 7 heteroatoms. The molecule has 1 unspecified atom stereocenters. The molecule has 2 N–H and O–H groups in total. The van der Waals surface area contributed by atoms with Gasteiger partial charge < -0.3 is 15.2 Å². The molecule has 0 radical (unpaired) electrons. The Kier molecular flexibility index (Phi) is 7.04. The second kappa shape index (κ2) is 10.3. The molecule has 1 aromatic heterocycles. The van der Waals surface area contributed by atoms with Crippen LogP contribution in [0.15, 0.2) is 79.0 Å². The number of methoxy groups -OCH3 is 1. The van der Waals surface area contributed by atoms with Crippen molar-refractivity contribution in [1.29, 1.82) is 0 Å². The molecule has 0 aliphatic rings. The zero-order chi connectivity index (χ0) is 24.1. The molecule has 0 aliphatic heterocycles. The van der Waals surface area contributed by atoms with Gasteiger partial charge in [-0.2, -0.15) is 5.10 Å². The highest BCUT2D eigenvalue weighted by Crippen LogP contribution is 2.31. The van der Waals surface area contributed by atoms with E-state index in [1.165, 1.54) is 12.1 Å². The number of aliphatic hydroxyl groups is 1. The highest BCUT2D eigenvalue weighted by molar-refractivity contribution is 6.05. The third-order valence-electron chi connectivity index (χ3n) is 5.53. The van der Waals surface area contributed by atoms with Crippen LogP contribution in [0.3, 0.4) is 0 Å². The number of benzene rings is 3. The minimum atomic E-state index is -0.827. The molecule has 0 spiro atoms. The van der Waals surface area contributed by atoms with E-state index in [0.29, 0.717) is 34.7 Å². The van der Waals surface area contributed by atoms with Gasteiger partial charge in [-0.15, -0.1) is 0 Å². The number of rotatable bonds is 9. The predicted octanol–water partition coefficient (Wildman–Crippen LogP) is 4.81. The van der Waals surface area contributed by atoms with Gasteiger partial charge >= 0.3 is 0 Å². The van der Waals surface area contributed by atoms with Gasteiger partial charge in [0.25, 0.3) is 0 Å². The quantitative estimate of drug-likeness (QED) is 0.352. The van der Waals surface area contributed by atoms with Gasteiger partial charge in [0.15, 0.2) is 0 Å². The number of aryl methyl sites for hydroxylation is 1. The number of carbonyl (C=O) groups is 1. The van der Waals surface area contributed by atoms with Gasteiger partial charge in [0.1, 0.15) is 23.3 Å². The number of carbonyl (C=O) groups excluding carboxylic acids is 1. The van der Waals surface area contributed by atoms with Gasteiger partial charge in [-0.3, -0.25) is 9.48 Å². The van der Waals surface area contributed by atoms with Crippen molar-refractivity contribution in [2.75, 3.05) is 19.0 Å². The summed E-state index contributed by atoms with van der Waals surface area (Å²) in [5, 5.41) is 17.1. The lowest BCUT2D eigenvalue weighted by molar-refractivity contribution is 0.0964. The number of ketones is 1. The van der Waals surface area contributed by atoms with E-state index >= 15 is 0 Å². The zero-order valence-corrected chi connectivity index (χ0v) is 19.0. The summed E-state index contributed by atoms with van der Waals surface area (Å²) in [6.07, 6.45) is 2.26. The van der Waals surface area contributed by atoms with Gasteiger partial charge in [-0.1, -0.05) is 42.5 Å². The Morgan fingerprint density at radius 3 is 2.53 bits per heavy atom. The van der Waals surface area contributed by atoms with Crippen LogP contribution in [-0.4, -0.2) is 34.4 Å². The van der Waals surface area contributed by atoms with Crippen molar-refractivity contribution in [2.24, 2.45) is 7.05 Å². The van der Waals surface area contributed by atoms with E-state index in [-0.39, 0.29) is 18.2 Å². The van der Waals surface area contributed by atoms with Crippen molar-refractivity contribution in [3.8, 4) is 16.9 Å². The Balaban J connectivity index is 1.78. The van der Waals surface area contributed by atoms with Crippen LogP contribution in [0.5, 0.6) is 5.75 Å². The number of aliphatic hydroxyl groups excluding tert-OH is 1. The van der Waals surface area contributed by atoms with Crippen LogP contribution in [0.1, 0.15) is 27.7 Å². The molecule has 0 saturated carbocycles. The Bertz CT molecular complexity index is 1270. The van der Waals surface area contributed by atoms with Crippen LogP contribution in [0.25, 0.3) is 11.1 Å². The van der Waals surface area contributed by atoms with Crippen LogP contribution in [0, 0.1) is 5.82 Å². The van der Waals surface area contributed by atoms with E-state index in [4.69, 9.17) is 4.74 Å². The van der Waals surface area contributed by atoms with Gasteiger partial charge in [-0.25, -0.2) is 4.39 Å². The lowest BCUT2D eigenvalue weighted by Gasteiger charge is -2.20. The summed E-state index contributed by atoms with van der Waals surface area (Å²) < 4.78 is 20.7. The second-order valence-corrected chi connectivity index (χ2v) is 7.97. The zero-order valence-electron chi connectivity index (χ0n) is 19.0. The average molecular weight is 460 g/mol. The fraction of sp³-hybridized carbons (Fsp3) is 0.185. The highest BCUT2D eigenvalue weighted by Gasteiger charge is 2.28. The fourth-order valence-electron chi connectivity index (χ4n) is 3.89. The topological polar surface area (TPSA) is 76.4 Å². The maximum Gasteiger partial charge on any atom is 0.210 e. The van der Waals surface area contributed by atoms with Crippen molar-refractivity contribution in [3.63, 3.8) is 0 Å². The van der Waals surface area contributed by atoms with Crippen LogP contribution < -0.4 is 10.1 Å². The molecule has 0 saturated heterocycles. The molecule has 174 valence electrons. The average Bonchev–Trinajstić information content (AvgIpc) is 3.25. The van der Waals surface area contributed by atoms with Crippen molar-refractivity contribution < 1.29 is 19.0 Å². The first-order chi connectivity index (χ1) is 16.5. The molecule has 4 aromatic rings. The molecular weight excluding hydrogens is 433 g/mol. The molecule has 0 aliphatic carbocycles. The summed E-state index contributed by atoms with van der Waals surface area (Å²) >= 11 is 0. The number of Topliss-reactive ketones (excluding diaryl/α,β-unsaturated/α-hetero) is 1. The van der Waals surface area contributed by atoms with E-state index in [0.717, 1.165) is 11.1 Å². The Labute approximate surface area is 197 Å². The van der Waals surface area contributed by atoms with Crippen molar-refractivity contribution in [3.05, 3.63) is 102 Å². The van der Waals surface area contributed by atoms with E-state index < -0.39 is 6.04 Å². The number of nitrogens with zero attached hydrogens (tertiary/aromatic N) is 2. The molecule has 0 amide bonds. The number of aromatic nitrogens is 2. The molecule has 34 heavy (non-hydrogen) atoms. The summed E-state index contributed by atoms with van der Waals surface area (Å²) in [7, 11) is 3.33. The maximum absolute atomic E-state index is 13.9. The van der Waals surface area contributed by atoms with Crippen LogP contribution in [0.4, 0.5) is 10.1 Å². The number of ether oxygens (including phenoxy) is 1. The van der Waals surface area contributed by atoms with E-state index in [1.807, 2.05) is 48.7 Å². The molecule has 4 rings (SSSR count). The minimum Gasteiger partial charge on any atom is -0.497 e. The van der Waals surface area contributed by atoms with Crippen LogP contribution in [0.2, 0.25) is 0 Å². The number of nitrogens with one attached hydrogen (secondary N) is 1. The molecule has 0 bridgehead atoms. The number of hydrogen-bond acceptors (Lipinski definition) is 5. The summed E-state index contributed by atoms with van der Waals surface area (Å²) in [4.78, 5) is 13.9. The Morgan fingerprint density at radius 2 is 1.85 bits per heavy atom. The van der Waals surface area contributed by atoms with Crippen molar-refractivity contribution in [1.82, 2.24) is 9.78 Å². The standard InChI is InChI=1S/C27H26FN3O3/c1-31-17-24(19-6-4-3-5-7-19)26(30-31)27(33)25(20-8-10-21(28)11-9-20)29-22-14-18(12-13-32)15-23(16-22)34-2/h3-11,14-17,25,29,32H,12-13H2,1-2H3. The Morgan fingerprint density at radius 1 is 1.12 bits per heavy atom. The smallest absolute Gasteiger partial charge is 0.210 e. The highest BCUT2D eigenvalue weighted by atomic mass is 19.1. The molecular formula is C27H26FN3O3. The first-order valence-electron chi connectivity index (χ1n) is 10.9. The maximum atomic E-state index is 13.9. The normalized spacial score (nSPS) is 11.8. The monoisotopic (exact) mass is 459 g/mol. The Hall–Kier alpha value is -3.97. The van der Waals surface area contributed by atoms with Crippen LogP contribution >= 0.6 is 0 Å². The first kappa shape index (κ1) is 23.2. The number of hydrogen-bond donors (Lipinski definition) is 2. The van der Waals surface area contributed by atoms with Gasteiger partial charge in [-0.05, 0) is 47.4 Å². The van der Waals surface area contributed by atoms with Crippen molar-refractivity contribution in [2.45, 2.75) is 12.5 Å². The summed E-state index contributed by atoms with van der Waals surface area (Å²) in [6.45, 7) is -0.0126. The van der Waals surface area contributed by atoms with Crippen molar-refractivity contribution >= 4 is 11.5 Å². The molecule has 6 nitrogen and oxygen atoms in total.